The molecule has 0 aromatic heterocycles. The zero-order chi connectivity index (χ0) is 7.98. The Bertz CT molecular complexity index is 87.3. The first kappa shape index (κ1) is 9.63. The summed E-state index contributed by atoms with van der Waals surface area (Å²) in [5.41, 5.74) is 0. The lowest BCUT2D eigenvalue weighted by atomic mass is 9.97. The van der Waals surface area contributed by atoms with Gasteiger partial charge >= 0.3 is 0 Å². The van der Waals surface area contributed by atoms with Crippen molar-refractivity contribution in [2.75, 3.05) is 0 Å². The third-order valence-electron chi connectivity index (χ3n) is 1.89. The van der Waals surface area contributed by atoms with Crippen molar-refractivity contribution in [1.29, 1.82) is 0 Å². The SMILES string of the molecule is CCC(CC)CC(O)C=O. The number of aliphatic hydroxyl groups excluding tert-OH is 1. The molecule has 60 valence electrons. The van der Waals surface area contributed by atoms with Crippen LogP contribution in [0.1, 0.15) is 33.1 Å². The summed E-state index contributed by atoms with van der Waals surface area (Å²) in [6, 6.07) is 0. The first-order valence-electron chi connectivity index (χ1n) is 3.87. The van der Waals surface area contributed by atoms with Gasteiger partial charge in [-0.15, -0.1) is 0 Å². The van der Waals surface area contributed by atoms with Gasteiger partial charge in [0.15, 0.2) is 0 Å². The lowest BCUT2D eigenvalue weighted by molar-refractivity contribution is -0.115. The van der Waals surface area contributed by atoms with Gasteiger partial charge in [-0.05, 0) is 12.3 Å². The molecule has 0 spiro atoms. The summed E-state index contributed by atoms with van der Waals surface area (Å²) in [4.78, 5) is 10.0. The highest BCUT2D eigenvalue weighted by Gasteiger charge is 2.09. The maximum absolute atomic E-state index is 10.0. The van der Waals surface area contributed by atoms with Crippen molar-refractivity contribution in [2.24, 2.45) is 5.92 Å². The quantitative estimate of drug-likeness (QED) is 0.592. The summed E-state index contributed by atoms with van der Waals surface area (Å²) in [7, 11) is 0. The Morgan fingerprint density at radius 1 is 1.40 bits per heavy atom. The monoisotopic (exact) mass is 144 g/mol. The second-order valence-electron chi connectivity index (χ2n) is 2.62. The molecule has 0 fully saturated rings. The van der Waals surface area contributed by atoms with E-state index in [1.54, 1.807) is 0 Å². The molecular weight excluding hydrogens is 128 g/mol. The highest BCUT2D eigenvalue weighted by Crippen LogP contribution is 2.13. The van der Waals surface area contributed by atoms with E-state index in [-0.39, 0.29) is 0 Å². The average Bonchev–Trinajstić information content (AvgIpc) is 1.99. The number of carbonyl (C=O) groups excluding carboxylic acids is 1. The Morgan fingerprint density at radius 3 is 2.20 bits per heavy atom. The van der Waals surface area contributed by atoms with Crippen LogP contribution in [0, 0.1) is 5.92 Å². The van der Waals surface area contributed by atoms with E-state index in [9.17, 15) is 4.79 Å². The second-order valence-corrected chi connectivity index (χ2v) is 2.62. The van der Waals surface area contributed by atoms with Crippen LogP contribution in [0.4, 0.5) is 0 Å². The molecule has 1 atom stereocenters. The molecule has 0 saturated heterocycles. The molecule has 0 aliphatic heterocycles. The van der Waals surface area contributed by atoms with E-state index in [0.29, 0.717) is 18.6 Å². The smallest absolute Gasteiger partial charge is 0.148 e. The number of hydrogen-bond acceptors (Lipinski definition) is 2. The van der Waals surface area contributed by atoms with Crippen LogP contribution in [0.3, 0.4) is 0 Å². The molecule has 1 unspecified atom stereocenters. The third-order valence-corrected chi connectivity index (χ3v) is 1.89. The van der Waals surface area contributed by atoms with Gasteiger partial charge in [-0.2, -0.15) is 0 Å². The molecule has 0 rings (SSSR count). The maximum Gasteiger partial charge on any atom is 0.148 e. The van der Waals surface area contributed by atoms with Gasteiger partial charge < -0.3 is 9.90 Å². The first-order chi connectivity index (χ1) is 4.74. The van der Waals surface area contributed by atoms with E-state index in [2.05, 4.69) is 13.8 Å². The molecule has 0 radical (unpaired) electrons. The molecule has 0 amide bonds. The van der Waals surface area contributed by atoms with E-state index < -0.39 is 6.10 Å². The minimum atomic E-state index is -0.745. The summed E-state index contributed by atoms with van der Waals surface area (Å²) in [5.74, 6) is 0.500. The lowest BCUT2D eigenvalue weighted by Gasteiger charge is -2.12. The van der Waals surface area contributed by atoms with Gasteiger partial charge in [0, 0.05) is 0 Å². The minimum absolute atomic E-state index is 0.500. The topological polar surface area (TPSA) is 37.3 Å². The molecule has 0 aliphatic carbocycles. The summed E-state index contributed by atoms with van der Waals surface area (Å²) in [6.45, 7) is 4.15. The van der Waals surface area contributed by atoms with Crippen molar-refractivity contribution in [1.82, 2.24) is 0 Å². The molecule has 0 bridgehead atoms. The van der Waals surface area contributed by atoms with E-state index in [0.717, 1.165) is 12.8 Å². The van der Waals surface area contributed by atoms with Gasteiger partial charge in [0.25, 0.3) is 0 Å². The van der Waals surface area contributed by atoms with E-state index in [1.165, 1.54) is 0 Å². The molecule has 0 heterocycles. The highest BCUT2D eigenvalue weighted by atomic mass is 16.3. The second kappa shape index (κ2) is 5.42. The van der Waals surface area contributed by atoms with Crippen LogP contribution >= 0.6 is 0 Å². The average molecular weight is 144 g/mol. The van der Waals surface area contributed by atoms with Crippen LogP contribution < -0.4 is 0 Å². The molecule has 10 heavy (non-hydrogen) atoms. The van der Waals surface area contributed by atoms with Crippen molar-refractivity contribution in [3.8, 4) is 0 Å². The summed E-state index contributed by atoms with van der Waals surface area (Å²) in [5, 5.41) is 8.92. The van der Waals surface area contributed by atoms with Crippen LogP contribution in [0.25, 0.3) is 0 Å². The van der Waals surface area contributed by atoms with Gasteiger partial charge in [-0.3, -0.25) is 0 Å². The third kappa shape index (κ3) is 3.62. The fourth-order valence-electron chi connectivity index (χ4n) is 1.02. The Labute approximate surface area is 62.2 Å². The number of aldehydes is 1. The molecule has 0 aromatic carbocycles. The van der Waals surface area contributed by atoms with Crippen molar-refractivity contribution in [2.45, 2.75) is 39.2 Å². The van der Waals surface area contributed by atoms with E-state index in [4.69, 9.17) is 5.11 Å². The largest absolute Gasteiger partial charge is 0.386 e. The van der Waals surface area contributed by atoms with Crippen LogP contribution in [-0.4, -0.2) is 17.5 Å². The summed E-state index contributed by atoms with van der Waals surface area (Å²) in [6.07, 6.45) is 2.57. The summed E-state index contributed by atoms with van der Waals surface area (Å²) < 4.78 is 0. The predicted octanol–water partition coefficient (Wildman–Crippen LogP) is 1.37. The predicted molar refractivity (Wildman–Crippen MR) is 40.8 cm³/mol. The molecule has 2 heteroatoms. The van der Waals surface area contributed by atoms with Gasteiger partial charge in [0.2, 0.25) is 0 Å². The van der Waals surface area contributed by atoms with Crippen LogP contribution in [0.5, 0.6) is 0 Å². The van der Waals surface area contributed by atoms with Crippen LogP contribution in [0.2, 0.25) is 0 Å². The Hall–Kier alpha value is -0.370. The fraction of sp³-hybridized carbons (Fsp3) is 0.875. The zero-order valence-electron chi connectivity index (χ0n) is 6.71. The molecule has 0 aliphatic rings. The molecule has 2 nitrogen and oxygen atoms in total. The van der Waals surface area contributed by atoms with E-state index in [1.807, 2.05) is 0 Å². The number of hydrogen-bond donors (Lipinski definition) is 1. The Kier molecular flexibility index (Phi) is 5.22. The number of rotatable bonds is 5. The Balaban J connectivity index is 3.51. The van der Waals surface area contributed by atoms with E-state index >= 15 is 0 Å². The first-order valence-corrected chi connectivity index (χ1v) is 3.87. The van der Waals surface area contributed by atoms with Gasteiger partial charge in [0.05, 0.1) is 0 Å². The molecule has 0 aromatic rings. The van der Waals surface area contributed by atoms with Crippen LogP contribution in [0.15, 0.2) is 0 Å². The van der Waals surface area contributed by atoms with Crippen molar-refractivity contribution < 1.29 is 9.90 Å². The molecular formula is C8H16O2. The summed E-state index contributed by atoms with van der Waals surface area (Å²) >= 11 is 0. The molecule has 0 saturated carbocycles. The fourth-order valence-corrected chi connectivity index (χ4v) is 1.02. The van der Waals surface area contributed by atoms with Crippen molar-refractivity contribution in [3.05, 3.63) is 0 Å². The van der Waals surface area contributed by atoms with Crippen molar-refractivity contribution in [3.63, 3.8) is 0 Å². The molecule has 1 N–H and O–H groups in total. The highest BCUT2D eigenvalue weighted by molar-refractivity contribution is 5.55. The minimum Gasteiger partial charge on any atom is -0.386 e. The number of aliphatic hydroxyl groups is 1. The van der Waals surface area contributed by atoms with Crippen molar-refractivity contribution >= 4 is 6.29 Å². The van der Waals surface area contributed by atoms with Gasteiger partial charge in [0.1, 0.15) is 12.4 Å². The van der Waals surface area contributed by atoms with Crippen LogP contribution in [-0.2, 0) is 4.79 Å². The maximum atomic E-state index is 10.0. The van der Waals surface area contributed by atoms with Gasteiger partial charge in [-0.25, -0.2) is 0 Å². The standard InChI is InChI=1S/C8H16O2/c1-3-7(4-2)5-8(10)6-9/h6-8,10H,3-5H2,1-2H3. The zero-order valence-corrected chi connectivity index (χ0v) is 6.71. The normalized spacial score (nSPS) is 13.6. The van der Waals surface area contributed by atoms with Gasteiger partial charge in [-0.1, -0.05) is 26.7 Å². The lowest BCUT2D eigenvalue weighted by Crippen LogP contribution is -2.13. The Morgan fingerprint density at radius 2 is 1.90 bits per heavy atom. The number of carbonyl (C=O) groups is 1.